The summed E-state index contributed by atoms with van der Waals surface area (Å²) in [6.45, 7) is 0. The number of hydrogen-bond acceptors (Lipinski definition) is 5. The number of nitrogens with zero attached hydrogens (tertiary/aromatic N) is 4. The van der Waals surface area contributed by atoms with E-state index in [-0.39, 0.29) is 0 Å². The molecule has 0 bridgehead atoms. The minimum atomic E-state index is 0.481. The van der Waals surface area contributed by atoms with E-state index in [9.17, 15) is 0 Å². The maximum Gasteiger partial charge on any atom is 0.247 e. The van der Waals surface area contributed by atoms with Crippen LogP contribution < -0.4 is 11.1 Å². The van der Waals surface area contributed by atoms with Crippen LogP contribution in [0.15, 0.2) is 18.2 Å². The van der Waals surface area contributed by atoms with Gasteiger partial charge in [-0.1, -0.05) is 22.8 Å². The summed E-state index contributed by atoms with van der Waals surface area (Å²) < 4.78 is 1.49. The molecule has 0 unspecified atom stereocenters. The van der Waals surface area contributed by atoms with Gasteiger partial charge in [-0.2, -0.15) is 0 Å². The van der Waals surface area contributed by atoms with Gasteiger partial charge >= 0.3 is 0 Å². The Balaban J connectivity index is 2.36. The van der Waals surface area contributed by atoms with Crippen LogP contribution >= 0.6 is 11.6 Å². The molecule has 3 N–H and O–H groups in total. The SMILES string of the molecule is Cn1nnnc1Nc1c(N)cccc1Cl. The average Bonchev–Trinajstić information content (AvgIpc) is 2.58. The molecule has 0 aliphatic heterocycles. The van der Waals surface area contributed by atoms with Gasteiger partial charge in [0.1, 0.15) is 0 Å². The van der Waals surface area contributed by atoms with E-state index in [1.165, 1.54) is 4.68 Å². The van der Waals surface area contributed by atoms with Crippen molar-refractivity contribution in [1.29, 1.82) is 0 Å². The monoisotopic (exact) mass is 224 g/mol. The molecule has 1 aromatic heterocycles. The number of rotatable bonds is 2. The van der Waals surface area contributed by atoms with E-state index >= 15 is 0 Å². The lowest BCUT2D eigenvalue weighted by atomic mass is 10.3. The number of nitrogens with one attached hydrogen (secondary N) is 1. The van der Waals surface area contributed by atoms with E-state index in [1.807, 2.05) is 0 Å². The number of hydrogen-bond donors (Lipinski definition) is 2. The molecule has 0 saturated heterocycles. The Kier molecular flexibility index (Phi) is 2.42. The molecular formula is C8H9ClN6. The van der Waals surface area contributed by atoms with Crippen LogP contribution in [-0.4, -0.2) is 20.2 Å². The molecular weight excluding hydrogens is 216 g/mol. The second-order valence-electron chi connectivity index (χ2n) is 2.96. The van der Waals surface area contributed by atoms with Gasteiger partial charge in [-0.3, -0.25) is 0 Å². The average molecular weight is 225 g/mol. The fraction of sp³-hybridized carbons (Fsp3) is 0.125. The lowest BCUT2D eigenvalue weighted by molar-refractivity contribution is 0.715. The molecule has 0 aliphatic carbocycles. The maximum atomic E-state index is 5.98. The summed E-state index contributed by atoms with van der Waals surface area (Å²) in [6.07, 6.45) is 0. The summed E-state index contributed by atoms with van der Waals surface area (Å²) in [5, 5.41) is 14.4. The standard InChI is InChI=1S/C8H9ClN6/c1-15-8(12-13-14-15)11-7-5(9)3-2-4-6(7)10/h2-4H,10H2,1H3,(H,11,12,14). The first-order chi connectivity index (χ1) is 7.18. The number of aromatic nitrogens is 4. The van der Waals surface area contributed by atoms with Gasteiger partial charge in [0.2, 0.25) is 5.95 Å². The number of nitrogen functional groups attached to an aromatic ring is 1. The third-order valence-electron chi connectivity index (χ3n) is 1.90. The van der Waals surface area contributed by atoms with Crippen molar-refractivity contribution in [3.05, 3.63) is 23.2 Å². The highest BCUT2D eigenvalue weighted by atomic mass is 35.5. The Morgan fingerprint density at radius 3 is 2.87 bits per heavy atom. The van der Waals surface area contributed by atoms with Crippen LogP contribution in [0.4, 0.5) is 17.3 Å². The number of tetrazole rings is 1. The Morgan fingerprint density at radius 2 is 2.27 bits per heavy atom. The van der Waals surface area contributed by atoms with Crippen molar-refractivity contribution in [2.45, 2.75) is 0 Å². The van der Waals surface area contributed by atoms with E-state index in [2.05, 4.69) is 20.8 Å². The quantitative estimate of drug-likeness (QED) is 0.749. The first kappa shape index (κ1) is 9.72. The summed E-state index contributed by atoms with van der Waals surface area (Å²) in [4.78, 5) is 0. The van der Waals surface area contributed by atoms with Crippen molar-refractivity contribution in [2.75, 3.05) is 11.1 Å². The minimum absolute atomic E-state index is 0.481. The van der Waals surface area contributed by atoms with E-state index in [0.29, 0.717) is 22.3 Å². The van der Waals surface area contributed by atoms with Gasteiger partial charge in [0, 0.05) is 7.05 Å². The third kappa shape index (κ3) is 1.84. The zero-order valence-electron chi connectivity index (χ0n) is 7.98. The van der Waals surface area contributed by atoms with Crippen molar-refractivity contribution < 1.29 is 0 Å². The van der Waals surface area contributed by atoms with E-state index in [0.717, 1.165) is 0 Å². The predicted molar refractivity (Wildman–Crippen MR) is 57.9 cm³/mol. The Bertz CT molecular complexity index is 459. The van der Waals surface area contributed by atoms with Crippen molar-refractivity contribution >= 4 is 28.9 Å². The first-order valence-electron chi connectivity index (χ1n) is 4.22. The molecule has 78 valence electrons. The van der Waals surface area contributed by atoms with Gasteiger partial charge < -0.3 is 11.1 Å². The predicted octanol–water partition coefficient (Wildman–Crippen LogP) is 1.19. The van der Waals surface area contributed by atoms with Crippen LogP contribution in [0.3, 0.4) is 0 Å². The first-order valence-corrected chi connectivity index (χ1v) is 4.59. The fourth-order valence-corrected chi connectivity index (χ4v) is 1.35. The summed E-state index contributed by atoms with van der Waals surface area (Å²) >= 11 is 5.98. The van der Waals surface area contributed by atoms with Gasteiger partial charge in [-0.25, -0.2) is 4.68 Å². The number of anilines is 3. The molecule has 0 spiro atoms. The Hall–Kier alpha value is -1.82. The van der Waals surface area contributed by atoms with Crippen molar-refractivity contribution in [1.82, 2.24) is 20.2 Å². The number of halogens is 1. The number of benzene rings is 1. The minimum Gasteiger partial charge on any atom is -0.397 e. The lowest BCUT2D eigenvalue weighted by Gasteiger charge is -2.08. The highest BCUT2D eigenvalue weighted by Gasteiger charge is 2.08. The van der Waals surface area contributed by atoms with Crippen LogP contribution in [0, 0.1) is 0 Å². The highest BCUT2D eigenvalue weighted by molar-refractivity contribution is 6.34. The molecule has 0 saturated carbocycles. The molecule has 15 heavy (non-hydrogen) atoms. The molecule has 0 radical (unpaired) electrons. The molecule has 6 nitrogen and oxygen atoms in total. The van der Waals surface area contributed by atoms with Crippen LogP contribution in [-0.2, 0) is 7.05 Å². The summed E-state index contributed by atoms with van der Waals surface area (Å²) in [5.74, 6) is 0.481. The second-order valence-corrected chi connectivity index (χ2v) is 3.36. The van der Waals surface area contributed by atoms with E-state index < -0.39 is 0 Å². The molecule has 0 aliphatic rings. The maximum absolute atomic E-state index is 5.98. The van der Waals surface area contributed by atoms with Crippen LogP contribution in [0.2, 0.25) is 5.02 Å². The van der Waals surface area contributed by atoms with E-state index in [1.54, 1.807) is 25.2 Å². The van der Waals surface area contributed by atoms with Gasteiger partial charge in [-0.05, 0) is 22.6 Å². The molecule has 0 fully saturated rings. The summed E-state index contributed by atoms with van der Waals surface area (Å²) in [6, 6.07) is 5.26. The lowest BCUT2D eigenvalue weighted by Crippen LogP contribution is -2.03. The third-order valence-corrected chi connectivity index (χ3v) is 2.22. The zero-order valence-corrected chi connectivity index (χ0v) is 8.73. The molecule has 2 aromatic rings. The number of para-hydroxylation sites is 1. The molecule has 2 rings (SSSR count). The van der Waals surface area contributed by atoms with Crippen molar-refractivity contribution in [2.24, 2.45) is 7.05 Å². The van der Waals surface area contributed by atoms with Crippen molar-refractivity contribution in [3.8, 4) is 0 Å². The van der Waals surface area contributed by atoms with Gasteiger partial charge in [-0.15, -0.1) is 0 Å². The highest BCUT2D eigenvalue weighted by Crippen LogP contribution is 2.29. The zero-order chi connectivity index (χ0) is 10.8. The van der Waals surface area contributed by atoms with Gasteiger partial charge in [0.15, 0.2) is 0 Å². The van der Waals surface area contributed by atoms with Crippen LogP contribution in [0.1, 0.15) is 0 Å². The Morgan fingerprint density at radius 1 is 1.47 bits per heavy atom. The summed E-state index contributed by atoms with van der Waals surface area (Å²) in [7, 11) is 1.72. The summed E-state index contributed by atoms with van der Waals surface area (Å²) in [5.41, 5.74) is 6.92. The van der Waals surface area contributed by atoms with Crippen LogP contribution in [0.5, 0.6) is 0 Å². The molecule has 7 heteroatoms. The van der Waals surface area contributed by atoms with E-state index in [4.69, 9.17) is 17.3 Å². The van der Waals surface area contributed by atoms with Gasteiger partial charge in [0.25, 0.3) is 0 Å². The normalized spacial score (nSPS) is 10.3. The topological polar surface area (TPSA) is 81.7 Å². The number of aryl methyl sites for hydroxylation is 1. The largest absolute Gasteiger partial charge is 0.397 e. The molecule has 0 amide bonds. The Labute approximate surface area is 91.0 Å². The van der Waals surface area contributed by atoms with Crippen LogP contribution in [0.25, 0.3) is 0 Å². The van der Waals surface area contributed by atoms with Crippen molar-refractivity contribution in [3.63, 3.8) is 0 Å². The van der Waals surface area contributed by atoms with Gasteiger partial charge in [0.05, 0.1) is 16.4 Å². The molecule has 1 aromatic carbocycles. The second kappa shape index (κ2) is 3.74. The number of nitrogens with two attached hydrogens (primary N) is 1. The molecule has 0 atom stereocenters. The fourth-order valence-electron chi connectivity index (χ4n) is 1.12. The molecule has 1 heterocycles. The smallest absolute Gasteiger partial charge is 0.247 e.